The molecule has 0 aromatic heterocycles. The van der Waals surface area contributed by atoms with Crippen LogP contribution < -0.4 is 11.1 Å². The predicted molar refractivity (Wildman–Crippen MR) is 68.7 cm³/mol. The fraction of sp³-hybridized carbons (Fsp3) is 0.923. The van der Waals surface area contributed by atoms with Gasteiger partial charge < -0.3 is 15.8 Å². The molecule has 1 atom stereocenters. The van der Waals surface area contributed by atoms with Gasteiger partial charge in [-0.05, 0) is 31.7 Å². The van der Waals surface area contributed by atoms with Gasteiger partial charge in [0.1, 0.15) is 5.54 Å². The van der Waals surface area contributed by atoms with E-state index >= 15 is 0 Å². The number of hydrogen-bond acceptors (Lipinski definition) is 3. The Hall–Kier alpha value is -0.610. The molecule has 1 rings (SSSR count). The summed E-state index contributed by atoms with van der Waals surface area (Å²) in [6.07, 6.45) is 5.57. The largest absolute Gasteiger partial charge is 0.379 e. The third-order valence-corrected chi connectivity index (χ3v) is 3.43. The number of carbonyl (C=O) groups is 1. The Kier molecular flexibility index (Phi) is 5.92. The second-order valence-electron chi connectivity index (χ2n) is 4.90. The van der Waals surface area contributed by atoms with Crippen molar-refractivity contribution in [2.45, 2.75) is 51.5 Å². The SMILES string of the molecule is CCCCCOCC(NCC)(C(N)=O)C1CC1. The summed E-state index contributed by atoms with van der Waals surface area (Å²) in [5.74, 6) is 0.100. The van der Waals surface area contributed by atoms with E-state index in [9.17, 15) is 4.79 Å². The third kappa shape index (κ3) is 3.96. The maximum Gasteiger partial charge on any atom is 0.240 e. The molecule has 1 aliphatic carbocycles. The van der Waals surface area contributed by atoms with Crippen LogP contribution in [0.2, 0.25) is 0 Å². The molecule has 0 saturated heterocycles. The van der Waals surface area contributed by atoms with Gasteiger partial charge in [-0.15, -0.1) is 0 Å². The van der Waals surface area contributed by atoms with E-state index < -0.39 is 5.54 Å². The Labute approximate surface area is 104 Å². The van der Waals surface area contributed by atoms with Gasteiger partial charge in [-0.2, -0.15) is 0 Å². The number of likely N-dealkylation sites (N-methyl/N-ethyl adjacent to an activating group) is 1. The van der Waals surface area contributed by atoms with Crippen molar-refractivity contribution in [3.63, 3.8) is 0 Å². The summed E-state index contributed by atoms with van der Waals surface area (Å²) in [6, 6.07) is 0. The van der Waals surface area contributed by atoms with Crippen molar-refractivity contribution < 1.29 is 9.53 Å². The molecule has 0 aromatic carbocycles. The van der Waals surface area contributed by atoms with Crippen molar-refractivity contribution in [3.8, 4) is 0 Å². The first-order valence-corrected chi connectivity index (χ1v) is 6.80. The second-order valence-corrected chi connectivity index (χ2v) is 4.90. The Bertz CT molecular complexity index is 242. The maximum atomic E-state index is 11.7. The number of carbonyl (C=O) groups excluding carboxylic acids is 1. The standard InChI is InChI=1S/C13H26N2O2/c1-3-5-6-9-17-10-13(12(14)16,15-4-2)11-7-8-11/h11,15H,3-10H2,1-2H3,(H2,14,16). The van der Waals surface area contributed by atoms with Crippen LogP contribution in [0.25, 0.3) is 0 Å². The minimum atomic E-state index is -0.624. The molecule has 1 unspecified atom stereocenters. The number of rotatable bonds is 10. The highest BCUT2D eigenvalue weighted by Gasteiger charge is 2.49. The lowest BCUT2D eigenvalue weighted by Crippen LogP contribution is -2.60. The molecule has 17 heavy (non-hydrogen) atoms. The predicted octanol–water partition coefficient (Wildman–Crippen LogP) is 1.44. The zero-order valence-electron chi connectivity index (χ0n) is 11.1. The molecule has 0 bridgehead atoms. The van der Waals surface area contributed by atoms with E-state index in [1.165, 1.54) is 12.8 Å². The molecule has 1 amide bonds. The first-order valence-electron chi connectivity index (χ1n) is 6.80. The Morgan fingerprint density at radius 3 is 2.59 bits per heavy atom. The van der Waals surface area contributed by atoms with E-state index in [0.29, 0.717) is 12.5 Å². The normalized spacial score (nSPS) is 18.9. The van der Waals surface area contributed by atoms with Crippen LogP contribution in [0.3, 0.4) is 0 Å². The van der Waals surface area contributed by atoms with Crippen LogP contribution in [-0.2, 0) is 9.53 Å². The lowest BCUT2D eigenvalue weighted by Gasteiger charge is -2.31. The highest BCUT2D eigenvalue weighted by Crippen LogP contribution is 2.39. The van der Waals surface area contributed by atoms with E-state index in [1.54, 1.807) is 0 Å². The molecule has 0 spiro atoms. The fourth-order valence-corrected chi connectivity index (χ4v) is 2.25. The number of amides is 1. The maximum absolute atomic E-state index is 11.7. The Morgan fingerprint density at radius 2 is 2.12 bits per heavy atom. The highest BCUT2D eigenvalue weighted by atomic mass is 16.5. The van der Waals surface area contributed by atoms with Gasteiger partial charge in [0.2, 0.25) is 5.91 Å². The van der Waals surface area contributed by atoms with Crippen LogP contribution >= 0.6 is 0 Å². The minimum Gasteiger partial charge on any atom is -0.379 e. The molecule has 4 nitrogen and oxygen atoms in total. The fourth-order valence-electron chi connectivity index (χ4n) is 2.25. The smallest absolute Gasteiger partial charge is 0.240 e. The molecule has 4 heteroatoms. The first kappa shape index (κ1) is 14.5. The molecule has 0 aromatic rings. The quantitative estimate of drug-likeness (QED) is 0.570. The highest BCUT2D eigenvalue weighted by molar-refractivity contribution is 5.85. The lowest BCUT2D eigenvalue weighted by molar-refractivity contribution is -0.128. The number of ether oxygens (including phenoxy) is 1. The summed E-state index contributed by atoms with van der Waals surface area (Å²) in [4.78, 5) is 11.7. The van der Waals surface area contributed by atoms with Gasteiger partial charge >= 0.3 is 0 Å². The summed E-state index contributed by atoms with van der Waals surface area (Å²) in [5, 5.41) is 3.25. The number of unbranched alkanes of at least 4 members (excludes halogenated alkanes) is 2. The summed E-state index contributed by atoms with van der Waals surface area (Å²) < 4.78 is 5.65. The number of hydrogen-bond donors (Lipinski definition) is 2. The van der Waals surface area contributed by atoms with Crippen LogP contribution in [0.4, 0.5) is 0 Å². The van der Waals surface area contributed by atoms with Crippen molar-refractivity contribution >= 4 is 5.91 Å². The van der Waals surface area contributed by atoms with Crippen molar-refractivity contribution in [2.75, 3.05) is 19.8 Å². The van der Waals surface area contributed by atoms with Gasteiger partial charge in [-0.25, -0.2) is 0 Å². The molecule has 0 heterocycles. The molecule has 1 aliphatic rings. The zero-order chi connectivity index (χ0) is 12.7. The van der Waals surface area contributed by atoms with Gasteiger partial charge in [-0.3, -0.25) is 4.79 Å². The van der Waals surface area contributed by atoms with Crippen LogP contribution in [0, 0.1) is 5.92 Å². The Balaban J connectivity index is 2.42. The van der Waals surface area contributed by atoms with Crippen molar-refractivity contribution in [3.05, 3.63) is 0 Å². The summed E-state index contributed by atoms with van der Waals surface area (Å²) >= 11 is 0. The monoisotopic (exact) mass is 242 g/mol. The lowest BCUT2D eigenvalue weighted by atomic mass is 9.93. The van der Waals surface area contributed by atoms with Crippen LogP contribution in [0.5, 0.6) is 0 Å². The minimum absolute atomic E-state index is 0.266. The molecule has 0 radical (unpaired) electrons. The van der Waals surface area contributed by atoms with E-state index in [4.69, 9.17) is 10.5 Å². The first-order chi connectivity index (χ1) is 8.17. The van der Waals surface area contributed by atoms with Crippen LogP contribution in [-0.4, -0.2) is 31.2 Å². The van der Waals surface area contributed by atoms with Gasteiger partial charge in [0, 0.05) is 6.61 Å². The molecule has 1 fully saturated rings. The van der Waals surface area contributed by atoms with Gasteiger partial charge in [0.25, 0.3) is 0 Å². The molecular formula is C13H26N2O2. The van der Waals surface area contributed by atoms with Gasteiger partial charge in [0.15, 0.2) is 0 Å². The van der Waals surface area contributed by atoms with Gasteiger partial charge in [-0.1, -0.05) is 26.7 Å². The second kappa shape index (κ2) is 6.97. The van der Waals surface area contributed by atoms with Crippen molar-refractivity contribution in [2.24, 2.45) is 11.7 Å². The summed E-state index contributed by atoms with van der Waals surface area (Å²) in [6.45, 7) is 6.05. The molecular weight excluding hydrogens is 216 g/mol. The topological polar surface area (TPSA) is 64.3 Å². The molecule has 100 valence electrons. The summed E-state index contributed by atoms with van der Waals surface area (Å²) in [5.41, 5.74) is 4.93. The van der Waals surface area contributed by atoms with E-state index in [0.717, 1.165) is 32.4 Å². The average Bonchev–Trinajstić information content (AvgIpc) is 3.11. The van der Waals surface area contributed by atoms with E-state index in [-0.39, 0.29) is 5.91 Å². The van der Waals surface area contributed by atoms with Crippen molar-refractivity contribution in [1.29, 1.82) is 0 Å². The van der Waals surface area contributed by atoms with Crippen molar-refractivity contribution in [1.82, 2.24) is 5.32 Å². The van der Waals surface area contributed by atoms with E-state index in [2.05, 4.69) is 12.2 Å². The molecule has 0 aliphatic heterocycles. The molecule has 1 saturated carbocycles. The zero-order valence-corrected chi connectivity index (χ0v) is 11.1. The van der Waals surface area contributed by atoms with Crippen LogP contribution in [0.1, 0.15) is 46.0 Å². The summed E-state index contributed by atoms with van der Waals surface area (Å²) in [7, 11) is 0. The average molecular weight is 242 g/mol. The number of primary amides is 1. The van der Waals surface area contributed by atoms with Gasteiger partial charge in [0.05, 0.1) is 6.61 Å². The molecule has 3 N–H and O–H groups in total. The number of nitrogens with one attached hydrogen (secondary N) is 1. The van der Waals surface area contributed by atoms with Crippen LogP contribution in [0.15, 0.2) is 0 Å². The van der Waals surface area contributed by atoms with E-state index in [1.807, 2.05) is 6.92 Å². The third-order valence-electron chi connectivity index (χ3n) is 3.43. The number of nitrogens with two attached hydrogens (primary N) is 1. The Morgan fingerprint density at radius 1 is 1.41 bits per heavy atom.